The zero-order valence-corrected chi connectivity index (χ0v) is 12.6. The number of piperidine rings is 1. The lowest BCUT2D eigenvalue weighted by Crippen LogP contribution is -2.50. The summed E-state index contributed by atoms with van der Waals surface area (Å²) in [6, 6.07) is 2.84. The molecule has 2 N–H and O–H groups in total. The maximum atomic E-state index is 11.4. The van der Waals surface area contributed by atoms with Gasteiger partial charge in [-0.05, 0) is 44.6 Å². The highest BCUT2D eigenvalue weighted by atomic mass is 16.1. The molecule has 1 saturated carbocycles. The maximum Gasteiger partial charge on any atom is 0.221 e. The van der Waals surface area contributed by atoms with Crippen LogP contribution in [-0.2, 0) is 4.79 Å². The zero-order chi connectivity index (χ0) is 14.5. The van der Waals surface area contributed by atoms with Gasteiger partial charge < -0.3 is 5.73 Å². The van der Waals surface area contributed by atoms with Crippen molar-refractivity contribution in [1.29, 1.82) is 5.26 Å². The van der Waals surface area contributed by atoms with Crippen molar-refractivity contribution in [3.05, 3.63) is 0 Å². The molecule has 2 fully saturated rings. The molecule has 0 radical (unpaired) electrons. The van der Waals surface area contributed by atoms with E-state index in [9.17, 15) is 10.1 Å². The number of amides is 1. The van der Waals surface area contributed by atoms with E-state index in [1.54, 1.807) is 0 Å². The number of hydrogen-bond donors (Lipinski definition) is 1. The fourth-order valence-corrected chi connectivity index (χ4v) is 4.00. The SMILES string of the molecule is CCCC1CCC(C#N)C(N2CCCC(C(N)=O)C2)C1. The predicted octanol–water partition coefficient (Wildman–Crippen LogP) is 2.29. The summed E-state index contributed by atoms with van der Waals surface area (Å²) < 4.78 is 0. The molecule has 4 unspecified atom stereocenters. The van der Waals surface area contributed by atoms with Gasteiger partial charge in [0.2, 0.25) is 5.91 Å². The van der Waals surface area contributed by atoms with Crippen molar-refractivity contribution in [3.63, 3.8) is 0 Å². The van der Waals surface area contributed by atoms with Crippen molar-refractivity contribution in [2.75, 3.05) is 13.1 Å². The van der Waals surface area contributed by atoms with Crippen molar-refractivity contribution in [2.24, 2.45) is 23.5 Å². The molecule has 4 nitrogen and oxygen atoms in total. The molecular formula is C16H27N3O. The Morgan fingerprint density at radius 1 is 1.40 bits per heavy atom. The number of nitriles is 1. The van der Waals surface area contributed by atoms with E-state index >= 15 is 0 Å². The van der Waals surface area contributed by atoms with E-state index in [0.29, 0.717) is 6.04 Å². The molecule has 4 heteroatoms. The minimum Gasteiger partial charge on any atom is -0.369 e. The second kappa shape index (κ2) is 7.08. The first-order valence-corrected chi connectivity index (χ1v) is 8.08. The minimum absolute atomic E-state index is 0.0188. The van der Waals surface area contributed by atoms with Gasteiger partial charge in [-0.3, -0.25) is 9.69 Å². The van der Waals surface area contributed by atoms with Crippen LogP contribution in [0.4, 0.5) is 0 Å². The van der Waals surface area contributed by atoms with Crippen LogP contribution in [-0.4, -0.2) is 29.9 Å². The van der Waals surface area contributed by atoms with Gasteiger partial charge in [0.15, 0.2) is 0 Å². The summed E-state index contributed by atoms with van der Waals surface area (Å²) in [5, 5.41) is 9.42. The third-order valence-electron chi connectivity index (χ3n) is 5.11. The number of nitrogens with zero attached hydrogens (tertiary/aromatic N) is 2. The third-order valence-corrected chi connectivity index (χ3v) is 5.11. The number of primary amides is 1. The lowest BCUT2D eigenvalue weighted by atomic mass is 9.75. The lowest BCUT2D eigenvalue weighted by Gasteiger charge is -2.43. The number of carbonyl (C=O) groups is 1. The second-order valence-electron chi connectivity index (χ2n) is 6.51. The Morgan fingerprint density at radius 3 is 2.85 bits per heavy atom. The topological polar surface area (TPSA) is 70.1 Å². The molecule has 1 amide bonds. The zero-order valence-electron chi connectivity index (χ0n) is 12.6. The van der Waals surface area contributed by atoms with Crippen LogP contribution in [0.5, 0.6) is 0 Å². The average Bonchev–Trinajstić information content (AvgIpc) is 2.47. The number of carbonyl (C=O) groups excluding carboxylic acids is 1. The van der Waals surface area contributed by atoms with Gasteiger partial charge in [-0.1, -0.05) is 19.8 Å². The minimum atomic E-state index is -0.177. The van der Waals surface area contributed by atoms with Crippen LogP contribution < -0.4 is 5.73 Å². The molecule has 0 aromatic carbocycles. The maximum absolute atomic E-state index is 11.4. The number of hydrogen-bond acceptors (Lipinski definition) is 3. The first kappa shape index (κ1) is 15.3. The molecule has 20 heavy (non-hydrogen) atoms. The van der Waals surface area contributed by atoms with E-state index in [0.717, 1.165) is 44.7 Å². The second-order valence-corrected chi connectivity index (χ2v) is 6.51. The van der Waals surface area contributed by atoms with Crippen LogP contribution in [0.25, 0.3) is 0 Å². The van der Waals surface area contributed by atoms with Crippen molar-refractivity contribution in [3.8, 4) is 6.07 Å². The first-order chi connectivity index (χ1) is 9.65. The van der Waals surface area contributed by atoms with Gasteiger partial charge in [-0.15, -0.1) is 0 Å². The van der Waals surface area contributed by atoms with Gasteiger partial charge in [0.25, 0.3) is 0 Å². The smallest absolute Gasteiger partial charge is 0.221 e. The summed E-state index contributed by atoms with van der Waals surface area (Å²) in [6.07, 6.45) is 7.76. The number of rotatable bonds is 4. The van der Waals surface area contributed by atoms with E-state index in [2.05, 4.69) is 17.9 Å². The molecule has 0 aromatic rings. The standard InChI is InChI=1S/C16H27N3O/c1-2-4-12-6-7-13(10-17)15(9-12)19-8-3-5-14(11-19)16(18)20/h12-15H,2-9,11H2,1H3,(H2,18,20). The fraction of sp³-hybridized carbons (Fsp3) is 0.875. The summed E-state index contributed by atoms with van der Waals surface area (Å²) in [4.78, 5) is 13.8. The molecule has 0 aromatic heterocycles. The van der Waals surface area contributed by atoms with Gasteiger partial charge in [-0.25, -0.2) is 0 Å². The van der Waals surface area contributed by atoms with Crippen LogP contribution in [0.1, 0.15) is 51.9 Å². The van der Waals surface area contributed by atoms with Crippen LogP contribution >= 0.6 is 0 Å². The molecule has 112 valence electrons. The highest BCUT2D eigenvalue weighted by molar-refractivity contribution is 5.76. The molecule has 2 rings (SSSR count). The molecule has 1 aliphatic carbocycles. The van der Waals surface area contributed by atoms with Crippen LogP contribution in [0, 0.1) is 29.1 Å². The summed E-state index contributed by atoms with van der Waals surface area (Å²) in [5.74, 6) is 0.692. The molecule has 0 bridgehead atoms. The quantitative estimate of drug-likeness (QED) is 0.857. The summed E-state index contributed by atoms with van der Waals surface area (Å²) in [6.45, 7) is 4.01. The van der Waals surface area contributed by atoms with Crippen molar-refractivity contribution in [1.82, 2.24) is 4.90 Å². The number of likely N-dealkylation sites (tertiary alicyclic amines) is 1. The van der Waals surface area contributed by atoms with E-state index in [-0.39, 0.29) is 17.7 Å². The predicted molar refractivity (Wildman–Crippen MR) is 78.6 cm³/mol. The van der Waals surface area contributed by atoms with Crippen LogP contribution in [0.15, 0.2) is 0 Å². The van der Waals surface area contributed by atoms with Crippen LogP contribution in [0.2, 0.25) is 0 Å². The Labute approximate surface area is 122 Å². The molecule has 1 aliphatic heterocycles. The Kier molecular flexibility index (Phi) is 5.42. The van der Waals surface area contributed by atoms with Crippen molar-refractivity contribution >= 4 is 5.91 Å². The van der Waals surface area contributed by atoms with E-state index in [1.807, 2.05) is 0 Å². The van der Waals surface area contributed by atoms with Crippen molar-refractivity contribution < 1.29 is 4.79 Å². The molecular weight excluding hydrogens is 250 g/mol. The lowest BCUT2D eigenvalue weighted by molar-refractivity contribution is -0.124. The molecule has 1 saturated heterocycles. The Hall–Kier alpha value is -1.08. The van der Waals surface area contributed by atoms with Gasteiger partial charge in [0.05, 0.1) is 17.9 Å². The summed E-state index contributed by atoms with van der Waals surface area (Å²) in [5.41, 5.74) is 5.47. The van der Waals surface area contributed by atoms with E-state index < -0.39 is 0 Å². The summed E-state index contributed by atoms with van der Waals surface area (Å²) >= 11 is 0. The van der Waals surface area contributed by atoms with Gasteiger partial charge in [-0.2, -0.15) is 5.26 Å². The van der Waals surface area contributed by atoms with Crippen LogP contribution in [0.3, 0.4) is 0 Å². The van der Waals surface area contributed by atoms with Gasteiger partial charge >= 0.3 is 0 Å². The Bertz CT molecular complexity index is 376. The molecule has 0 spiro atoms. The highest BCUT2D eigenvalue weighted by Crippen LogP contribution is 2.36. The highest BCUT2D eigenvalue weighted by Gasteiger charge is 2.37. The van der Waals surface area contributed by atoms with E-state index in [4.69, 9.17) is 5.73 Å². The Morgan fingerprint density at radius 2 is 2.20 bits per heavy atom. The van der Waals surface area contributed by atoms with Gasteiger partial charge in [0, 0.05) is 12.6 Å². The largest absolute Gasteiger partial charge is 0.369 e. The van der Waals surface area contributed by atoms with E-state index in [1.165, 1.54) is 19.3 Å². The average molecular weight is 277 g/mol. The Balaban J connectivity index is 2.02. The van der Waals surface area contributed by atoms with Gasteiger partial charge in [0.1, 0.15) is 0 Å². The van der Waals surface area contributed by atoms with Crippen molar-refractivity contribution in [2.45, 2.75) is 57.9 Å². The first-order valence-electron chi connectivity index (χ1n) is 8.08. The third kappa shape index (κ3) is 3.52. The summed E-state index contributed by atoms with van der Waals surface area (Å²) in [7, 11) is 0. The number of nitrogens with two attached hydrogens (primary N) is 1. The molecule has 4 atom stereocenters. The normalized spacial score (nSPS) is 35.4. The molecule has 2 aliphatic rings. The fourth-order valence-electron chi connectivity index (χ4n) is 4.00. The monoisotopic (exact) mass is 277 g/mol. The molecule has 1 heterocycles.